The monoisotopic (exact) mass is 558 g/mol. The highest BCUT2D eigenvalue weighted by atomic mass is 19.4. The summed E-state index contributed by atoms with van der Waals surface area (Å²) in [5.41, 5.74) is -0.288. The van der Waals surface area contributed by atoms with Crippen LogP contribution in [0.3, 0.4) is 0 Å². The van der Waals surface area contributed by atoms with E-state index in [9.17, 15) is 32.3 Å². The van der Waals surface area contributed by atoms with E-state index in [0.29, 0.717) is 38.8 Å². The van der Waals surface area contributed by atoms with Crippen molar-refractivity contribution < 1.29 is 32.3 Å². The second kappa shape index (κ2) is 13.0. The second-order valence-corrected chi connectivity index (χ2v) is 10.1. The zero-order chi connectivity index (χ0) is 28.7. The van der Waals surface area contributed by atoms with Gasteiger partial charge in [-0.15, -0.1) is 0 Å². The van der Waals surface area contributed by atoms with Gasteiger partial charge in [-0.3, -0.25) is 19.2 Å². The molecule has 0 unspecified atom stereocenters. The number of alkyl halides is 3. The standard InChI is InChI=1S/C29H33F3N4O4/c30-29(31,32)24-9-5-4-8-23(24)28(40)36-18-16-35(17-19-36)26(38)20-33-27(39)22-12-14-34(15-13-22)25(37)11-10-21-6-2-1-3-7-21/h1-9,22H,10-20H2,(H,33,39). The fourth-order valence-electron chi connectivity index (χ4n) is 5.11. The molecule has 1 N–H and O–H groups in total. The van der Waals surface area contributed by atoms with Crippen LogP contribution in [0.1, 0.15) is 40.7 Å². The Kier molecular flexibility index (Phi) is 9.44. The minimum absolute atomic E-state index is 0.0670. The van der Waals surface area contributed by atoms with E-state index in [4.69, 9.17) is 0 Å². The van der Waals surface area contributed by atoms with Crippen molar-refractivity contribution in [2.75, 3.05) is 45.8 Å². The molecular weight excluding hydrogens is 525 g/mol. The normalized spacial score (nSPS) is 16.5. The van der Waals surface area contributed by atoms with Gasteiger partial charge in [0.05, 0.1) is 17.7 Å². The molecule has 0 aliphatic carbocycles. The van der Waals surface area contributed by atoms with Gasteiger partial charge in [0, 0.05) is 51.6 Å². The first-order chi connectivity index (χ1) is 19.1. The molecule has 2 aromatic rings. The largest absolute Gasteiger partial charge is 0.417 e. The van der Waals surface area contributed by atoms with Crippen LogP contribution in [0.15, 0.2) is 54.6 Å². The lowest BCUT2D eigenvalue weighted by molar-refractivity contribution is -0.138. The summed E-state index contributed by atoms with van der Waals surface area (Å²) < 4.78 is 39.9. The maximum Gasteiger partial charge on any atom is 0.417 e. The average Bonchev–Trinajstić information content (AvgIpc) is 2.98. The molecule has 4 rings (SSSR count). The van der Waals surface area contributed by atoms with Crippen LogP contribution in [0, 0.1) is 5.92 Å². The van der Waals surface area contributed by atoms with Gasteiger partial charge in [0.25, 0.3) is 5.91 Å². The van der Waals surface area contributed by atoms with E-state index in [1.54, 1.807) is 4.90 Å². The third kappa shape index (κ3) is 7.40. The van der Waals surface area contributed by atoms with Crippen molar-refractivity contribution >= 4 is 23.6 Å². The molecule has 8 nitrogen and oxygen atoms in total. The number of aryl methyl sites for hydroxylation is 1. The number of amides is 4. The Morgan fingerprint density at radius 2 is 1.32 bits per heavy atom. The van der Waals surface area contributed by atoms with Crippen molar-refractivity contribution in [1.29, 1.82) is 0 Å². The van der Waals surface area contributed by atoms with Crippen LogP contribution in [-0.4, -0.2) is 84.1 Å². The molecule has 2 aliphatic rings. The van der Waals surface area contributed by atoms with E-state index in [1.165, 1.54) is 21.9 Å². The maximum atomic E-state index is 13.3. The van der Waals surface area contributed by atoms with Crippen LogP contribution in [0.5, 0.6) is 0 Å². The number of benzene rings is 2. The predicted octanol–water partition coefficient (Wildman–Crippen LogP) is 2.98. The smallest absolute Gasteiger partial charge is 0.347 e. The number of halogens is 3. The molecule has 40 heavy (non-hydrogen) atoms. The Bertz CT molecular complexity index is 1210. The maximum absolute atomic E-state index is 13.3. The lowest BCUT2D eigenvalue weighted by atomic mass is 9.95. The number of piperidine rings is 1. The van der Waals surface area contributed by atoms with Crippen LogP contribution < -0.4 is 5.32 Å². The SMILES string of the molecule is O=C(NCC(=O)N1CCN(C(=O)c2ccccc2C(F)(F)F)CC1)C1CCN(C(=O)CCc2ccccc2)CC1. The van der Waals surface area contributed by atoms with Gasteiger partial charge in [0.1, 0.15) is 0 Å². The zero-order valence-corrected chi connectivity index (χ0v) is 22.2. The summed E-state index contributed by atoms with van der Waals surface area (Å²) in [4.78, 5) is 55.2. The van der Waals surface area contributed by atoms with Crippen LogP contribution >= 0.6 is 0 Å². The molecule has 2 aromatic carbocycles. The summed E-state index contributed by atoms with van der Waals surface area (Å²) in [5, 5.41) is 2.68. The Balaban J connectivity index is 1.17. The van der Waals surface area contributed by atoms with E-state index in [0.717, 1.165) is 17.7 Å². The first-order valence-corrected chi connectivity index (χ1v) is 13.5. The van der Waals surface area contributed by atoms with Gasteiger partial charge < -0.3 is 20.0 Å². The molecule has 0 radical (unpaired) electrons. The first kappa shape index (κ1) is 29.1. The molecular formula is C29H33F3N4O4. The summed E-state index contributed by atoms with van der Waals surface area (Å²) in [6.45, 7) is 1.32. The average molecular weight is 559 g/mol. The summed E-state index contributed by atoms with van der Waals surface area (Å²) in [6.07, 6.45) is -2.50. The van der Waals surface area contributed by atoms with Gasteiger partial charge in [0.15, 0.2) is 0 Å². The van der Waals surface area contributed by atoms with Crippen LogP contribution in [-0.2, 0) is 27.0 Å². The molecule has 2 saturated heterocycles. The highest BCUT2D eigenvalue weighted by molar-refractivity contribution is 5.96. The number of rotatable bonds is 7. The minimum Gasteiger partial charge on any atom is -0.347 e. The minimum atomic E-state index is -4.64. The second-order valence-electron chi connectivity index (χ2n) is 10.1. The lowest BCUT2D eigenvalue weighted by Crippen LogP contribution is -2.53. The summed E-state index contributed by atoms with van der Waals surface area (Å²) >= 11 is 0. The first-order valence-electron chi connectivity index (χ1n) is 13.5. The Labute approximate surface area is 231 Å². The van der Waals surface area contributed by atoms with Gasteiger partial charge >= 0.3 is 6.18 Å². The highest BCUT2D eigenvalue weighted by Gasteiger charge is 2.36. The molecule has 2 aliphatic heterocycles. The molecule has 2 heterocycles. The molecule has 0 atom stereocenters. The lowest BCUT2D eigenvalue weighted by Gasteiger charge is -2.35. The van der Waals surface area contributed by atoms with Gasteiger partial charge in [-0.25, -0.2) is 0 Å². The van der Waals surface area contributed by atoms with Crippen molar-refractivity contribution in [3.8, 4) is 0 Å². The van der Waals surface area contributed by atoms with E-state index in [1.807, 2.05) is 30.3 Å². The van der Waals surface area contributed by atoms with Gasteiger partial charge in [0.2, 0.25) is 17.7 Å². The molecule has 0 saturated carbocycles. The van der Waals surface area contributed by atoms with Crippen LogP contribution in [0.25, 0.3) is 0 Å². The van der Waals surface area contributed by atoms with Crippen molar-refractivity contribution in [2.24, 2.45) is 5.92 Å². The third-order valence-corrected chi connectivity index (χ3v) is 7.49. The van der Waals surface area contributed by atoms with Gasteiger partial charge in [-0.1, -0.05) is 42.5 Å². The summed E-state index contributed by atoms with van der Waals surface area (Å²) in [6, 6.07) is 14.5. The number of nitrogens with one attached hydrogen (secondary N) is 1. The Morgan fingerprint density at radius 3 is 1.98 bits per heavy atom. The Hall–Kier alpha value is -3.89. The molecule has 4 amide bonds. The fourth-order valence-corrected chi connectivity index (χ4v) is 5.11. The number of nitrogens with zero attached hydrogens (tertiary/aromatic N) is 3. The van der Waals surface area contributed by atoms with E-state index < -0.39 is 23.2 Å². The number of hydrogen-bond acceptors (Lipinski definition) is 4. The molecule has 214 valence electrons. The van der Waals surface area contributed by atoms with Crippen molar-refractivity contribution in [2.45, 2.75) is 31.9 Å². The van der Waals surface area contributed by atoms with E-state index in [2.05, 4.69) is 5.32 Å². The number of carbonyl (C=O) groups is 4. The fraction of sp³-hybridized carbons (Fsp3) is 0.448. The Morgan fingerprint density at radius 1 is 0.750 bits per heavy atom. The third-order valence-electron chi connectivity index (χ3n) is 7.49. The summed E-state index contributed by atoms with van der Waals surface area (Å²) in [5.74, 6) is -1.49. The van der Waals surface area contributed by atoms with E-state index in [-0.39, 0.29) is 56.4 Å². The molecule has 2 fully saturated rings. The number of likely N-dealkylation sites (tertiary alicyclic amines) is 1. The van der Waals surface area contributed by atoms with Gasteiger partial charge in [-0.2, -0.15) is 13.2 Å². The topological polar surface area (TPSA) is 90.0 Å². The summed E-state index contributed by atoms with van der Waals surface area (Å²) in [7, 11) is 0. The molecule has 0 bridgehead atoms. The van der Waals surface area contributed by atoms with Crippen LogP contribution in [0.4, 0.5) is 13.2 Å². The number of hydrogen-bond donors (Lipinski definition) is 1. The number of carbonyl (C=O) groups excluding carboxylic acids is 4. The van der Waals surface area contributed by atoms with Crippen molar-refractivity contribution in [3.05, 3.63) is 71.3 Å². The van der Waals surface area contributed by atoms with E-state index >= 15 is 0 Å². The van der Waals surface area contributed by atoms with Crippen molar-refractivity contribution in [1.82, 2.24) is 20.0 Å². The molecule has 11 heteroatoms. The predicted molar refractivity (Wildman–Crippen MR) is 141 cm³/mol. The zero-order valence-electron chi connectivity index (χ0n) is 22.2. The van der Waals surface area contributed by atoms with Gasteiger partial charge in [-0.05, 0) is 37.0 Å². The van der Waals surface area contributed by atoms with Crippen molar-refractivity contribution in [3.63, 3.8) is 0 Å². The molecule has 0 spiro atoms. The quantitative estimate of drug-likeness (QED) is 0.566. The van der Waals surface area contributed by atoms with Crippen LogP contribution in [0.2, 0.25) is 0 Å². The molecule has 0 aromatic heterocycles. The highest BCUT2D eigenvalue weighted by Crippen LogP contribution is 2.32. The number of piperazine rings is 1.